The molecular weight excluding hydrogens is 230 g/mol. The minimum atomic E-state index is 0.0269. The molecule has 18 heavy (non-hydrogen) atoms. The second kappa shape index (κ2) is 5.87. The molecule has 2 rings (SSSR count). The third-order valence-corrected chi connectivity index (χ3v) is 2.95. The smallest absolute Gasteiger partial charge is 0.223 e. The Bertz CT molecular complexity index is 387. The van der Waals surface area contributed by atoms with E-state index in [-0.39, 0.29) is 11.3 Å². The number of carbonyl (C=O) groups is 1. The van der Waals surface area contributed by atoms with Crippen molar-refractivity contribution in [3.05, 3.63) is 30.3 Å². The lowest BCUT2D eigenvalue weighted by Crippen LogP contribution is -2.48. The maximum atomic E-state index is 11.6. The minimum Gasteiger partial charge on any atom is -0.493 e. The van der Waals surface area contributed by atoms with Crippen LogP contribution in [0, 0.1) is 5.41 Å². The topological polar surface area (TPSA) is 47.6 Å². The van der Waals surface area contributed by atoms with Gasteiger partial charge in [0.2, 0.25) is 5.91 Å². The highest BCUT2D eigenvalue weighted by Crippen LogP contribution is 2.24. The number of ether oxygens (including phenoxy) is 2. The molecule has 0 saturated carbocycles. The maximum Gasteiger partial charge on any atom is 0.223 e. The molecule has 1 N–H and O–H groups in total. The van der Waals surface area contributed by atoms with Gasteiger partial charge in [-0.3, -0.25) is 4.79 Å². The first-order chi connectivity index (χ1) is 8.68. The van der Waals surface area contributed by atoms with Crippen LogP contribution in [0.3, 0.4) is 0 Å². The SMILES string of the molecule is CC1(CNC(=O)CCOc2ccccc2)COC1. The zero-order chi connectivity index (χ0) is 12.8. The van der Waals surface area contributed by atoms with Crippen LogP contribution in [0.1, 0.15) is 13.3 Å². The number of benzene rings is 1. The van der Waals surface area contributed by atoms with Crippen LogP contribution >= 0.6 is 0 Å². The normalized spacial score (nSPS) is 16.7. The molecule has 1 aliphatic heterocycles. The van der Waals surface area contributed by atoms with Gasteiger partial charge in [0.1, 0.15) is 5.75 Å². The number of amides is 1. The number of rotatable bonds is 6. The quantitative estimate of drug-likeness (QED) is 0.833. The molecule has 1 aliphatic rings. The van der Waals surface area contributed by atoms with Crippen LogP contribution in [0.4, 0.5) is 0 Å². The Kier molecular flexibility index (Phi) is 4.20. The van der Waals surface area contributed by atoms with E-state index in [1.54, 1.807) is 0 Å². The highest BCUT2D eigenvalue weighted by molar-refractivity contribution is 5.76. The van der Waals surface area contributed by atoms with Gasteiger partial charge >= 0.3 is 0 Å². The molecule has 0 aliphatic carbocycles. The fourth-order valence-electron chi connectivity index (χ4n) is 1.73. The first-order valence-corrected chi connectivity index (χ1v) is 6.20. The van der Waals surface area contributed by atoms with Gasteiger partial charge in [0.25, 0.3) is 0 Å². The van der Waals surface area contributed by atoms with Gasteiger partial charge < -0.3 is 14.8 Å². The summed E-state index contributed by atoms with van der Waals surface area (Å²) < 4.78 is 10.6. The van der Waals surface area contributed by atoms with Crippen LogP contribution in [-0.2, 0) is 9.53 Å². The lowest BCUT2D eigenvalue weighted by Gasteiger charge is -2.38. The van der Waals surface area contributed by atoms with Crippen molar-refractivity contribution in [2.24, 2.45) is 5.41 Å². The lowest BCUT2D eigenvalue weighted by atomic mass is 9.89. The Balaban J connectivity index is 1.60. The molecule has 0 bridgehead atoms. The molecule has 0 unspecified atom stereocenters. The van der Waals surface area contributed by atoms with Gasteiger partial charge in [-0.1, -0.05) is 25.1 Å². The van der Waals surface area contributed by atoms with E-state index in [9.17, 15) is 4.79 Å². The molecule has 0 atom stereocenters. The number of carbonyl (C=O) groups excluding carboxylic acids is 1. The summed E-state index contributed by atoms with van der Waals surface area (Å²) in [7, 11) is 0. The molecule has 1 saturated heterocycles. The predicted octanol–water partition coefficient (Wildman–Crippen LogP) is 1.61. The fourth-order valence-corrected chi connectivity index (χ4v) is 1.73. The van der Waals surface area contributed by atoms with Crippen LogP contribution in [-0.4, -0.2) is 32.3 Å². The van der Waals surface area contributed by atoms with E-state index in [1.807, 2.05) is 30.3 Å². The number of para-hydroxylation sites is 1. The molecule has 4 heteroatoms. The fraction of sp³-hybridized carbons (Fsp3) is 0.500. The molecule has 4 nitrogen and oxygen atoms in total. The van der Waals surface area contributed by atoms with Gasteiger partial charge in [-0.05, 0) is 12.1 Å². The largest absolute Gasteiger partial charge is 0.493 e. The van der Waals surface area contributed by atoms with E-state index in [0.29, 0.717) is 19.6 Å². The van der Waals surface area contributed by atoms with Gasteiger partial charge in [0.05, 0.1) is 26.2 Å². The number of hydrogen-bond acceptors (Lipinski definition) is 3. The van der Waals surface area contributed by atoms with Crippen molar-refractivity contribution >= 4 is 5.91 Å². The molecule has 1 aromatic rings. The Labute approximate surface area is 107 Å². The van der Waals surface area contributed by atoms with Crippen LogP contribution in [0.25, 0.3) is 0 Å². The molecule has 0 spiro atoms. The zero-order valence-corrected chi connectivity index (χ0v) is 10.6. The van der Waals surface area contributed by atoms with Gasteiger partial charge in [0, 0.05) is 12.0 Å². The molecule has 98 valence electrons. The summed E-state index contributed by atoms with van der Waals surface area (Å²) in [6.45, 7) is 4.65. The van der Waals surface area contributed by atoms with Gasteiger partial charge in [-0.15, -0.1) is 0 Å². The Hall–Kier alpha value is -1.55. The van der Waals surface area contributed by atoms with Crippen molar-refractivity contribution in [1.29, 1.82) is 0 Å². The second-order valence-corrected chi connectivity index (χ2v) is 4.99. The average molecular weight is 249 g/mol. The molecule has 1 amide bonds. The summed E-state index contributed by atoms with van der Waals surface area (Å²) in [5, 5.41) is 2.91. The van der Waals surface area contributed by atoms with Crippen LogP contribution in [0.15, 0.2) is 30.3 Å². The van der Waals surface area contributed by atoms with E-state index < -0.39 is 0 Å². The molecular formula is C14H19NO3. The summed E-state index contributed by atoms with van der Waals surface area (Å²) in [5.41, 5.74) is 0.121. The summed E-state index contributed by atoms with van der Waals surface area (Å²) >= 11 is 0. The first kappa shape index (κ1) is 12.9. The first-order valence-electron chi connectivity index (χ1n) is 6.20. The standard InChI is InChI=1S/C14H19NO3/c1-14(10-17-11-14)9-15-13(16)7-8-18-12-5-3-2-4-6-12/h2-6H,7-11H2,1H3,(H,15,16). The van der Waals surface area contributed by atoms with E-state index in [0.717, 1.165) is 19.0 Å². The van der Waals surface area contributed by atoms with Crippen LogP contribution in [0.2, 0.25) is 0 Å². The highest BCUT2D eigenvalue weighted by Gasteiger charge is 2.33. The number of nitrogens with one attached hydrogen (secondary N) is 1. The Morgan fingerprint density at radius 1 is 1.39 bits per heavy atom. The molecule has 1 aromatic carbocycles. The Morgan fingerprint density at radius 3 is 2.72 bits per heavy atom. The van der Waals surface area contributed by atoms with Crippen molar-refractivity contribution in [3.63, 3.8) is 0 Å². The third kappa shape index (κ3) is 3.74. The molecule has 0 radical (unpaired) electrons. The van der Waals surface area contributed by atoms with Crippen LogP contribution in [0.5, 0.6) is 5.75 Å². The van der Waals surface area contributed by atoms with Crippen molar-refractivity contribution < 1.29 is 14.3 Å². The van der Waals surface area contributed by atoms with E-state index >= 15 is 0 Å². The Morgan fingerprint density at radius 2 is 2.11 bits per heavy atom. The van der Waals surface area contributed by atoms with Crippen molar-refractivity contribution in [1.82, 2.24) is 5.32 Å². The maximum absolute atomic E-state index is 11.6. The second-order valence-electron chi connectivity index (χ2n) is 4.99. The predicted molar refractivity (Wildman–Crippen MR) is 68.5 cm³/mol. The third-order valence-electron chi connectivity index (χ3n) is 2.95. The molecule has 1 heterocycles. The summed E-state index contributed by atoms with van der Waals surface area (Å²) in [4.78, 5) is 11.6. The van der Waals surface area contributed by atoms with Gasteiger partial charge in [0.15, 0.2) is 0 Å². The van der Waals surface area contributed by atoms with E-state index in [2.05, 4.69) is 12.2 Å². The average Bonchev–Trinajstić information content (AvgIpc) is 2.35. The molecule has 1 fully saturated rings. The van der Waals surface area contributed by atoms with Gasteiger partial charge in [-0.2, -0.15) is 0 Å². The van der Waals surface area contributed by atoms with E-state index in [4.69, 9.17) is 9.47 Å². The van der Waals surface area contributed by atoms with E-state index in [1.165, 1.54) is 0 Å². The summed E-state index contributed by atoms with van der Waals surface area (Å²) in [6.07, 6.45) is 0.381. The summed E-state index contributed by atoms with van der Waals surface area (Å²) in [6, 6.07) is 9.51. The number of hydrogen-bond donors (Lipinski definition) is 1. The molecule has 0 aromatic heterocycles. The van der Waals surface area contributed by atoms with Crippen molar-refractivity contribution in [3.8, 4) is 5.75 Å². The monoisotopic (exact) mass is 249 g/mol. The van der Waals surface area contributed by atoms with Gasteiger partial charge in [-0.25, -0.2) is 0 Å². The minimum absolute atomic E-state index is 0.0269. The summed E-state index contributed by atoms with van der Waals surface area (Å²) in [5.74, 6) is 0.823. The lowest BCUT2D eigenvalue weighted by molar-refractivity contribution is -0.127. The zero-order valence-electron chi connectivity index (χ0n) is 10.6. The van der Waals surface area contributed by atoms with Crippen LogP contribution < -0.4 is 10.1 Å². The van der Waals surface area contributed by atoms with Crippen molar-refractivity contribution in [2.45, 2.75) is 13.3 Å². The van der Waals surface area contributed by atoms with Crippen molar-refractivity contribution in [2.75, 3.05) is 26.4 Å². The highest BCUT2D eigenvalue weighted by atomic mass is 16.5.